The first-order valence-electron chi connectivity index (χ1n) is 7.60. The zero-order valence-corrected chi connectivity index (χ0v) is 14.9. The van der Waals surface area contributed by atoms with Crippen LogP contribution in [0, 0.1) is 0 Å². The van der Waals surface area contributed by atoms with Gasteiger partial charge in [-0.2, -0.15) is 0 Å². The van der Waals surface area contributed by atoms with E-state index in [1.54, 1.807) is 18.2 Å². The van der Waals surface area contributed by atoms with Gasteiger partial charge in [-0.05, 0) is 56.6 Å². The van der Waals surface area contributed by atoms with E-state index in [0.29, 0.717) is 22.2 Å². The smallest absolute Gasteiger partial charge is 0.215 e. The van der Waals surface area contributed by atoms with E-state index in [9.17, 15) is 8.42 Å². The summed E-state index contributed by atoms with van der Waals surface area (Å²) in [7, 11) is -3.37. The van der Waals surface area contributed by atoms with E-state index in [0.717, 1.165) is 26.1 Å². The molecule has 7 heteroatoms. The highest BCUT2D eigenvalue weighted by atomic mass is 35.5. The third-order valence-corrected chi connectivity index (χ3v) is 5.70. The van der Waals surface area contributed by atoms with Gasteiger partial charge < -0.3 is 4.90 Å². The summed E-state index contributed by atoms with van der Waals surface area (Å²) in [6.07, 6.45) is 4.64. The Bertz CT molecular complexity index is 587. The van der Waals surface area contributed by atoms with Crippen molar-refractivity contribution in [3.8, 4) is 0 Å². The number of rotatable bonds is 7. The summed E-state index contributed by atoms with van der Waals surface area (Å²) in [5, 5.41) is 0.881. The van der Waals surface area contributed by atoms with Crippen LogP contribution in [0.2, 0.25) is 10.0 Å². The van der Waals surface area contributed by atoms with Gasteiger partial charge in [0.05, 0.1) is 5.75 Å². The molecule has 1 aromatic rings. The fourth-order valence-corrected chi connectivity index (χ4v) is 4.38. The maximum Gasteiger partial charge on any atom is 0.215 e. The molecule has 2 rings (SSSR count). The Hall–Kier alpha value is -0.330. The average molecular weight is 365 g/mol. The molecule has 1 N–H and O–H groups in total. The van der Waals surface area contributed by atoms with E-state index < -0.39 is 10.0 Å². The summed E-state index contributed by atoms with van der Waals surface area (Å²) >= 11 is 11.8. The second-order valence-electron chi connectivity index (χ2n) is 5.65. The Labute approximate surface area is 142 Å². The Balaban J connectivity index is 1.76. The molecule has 1 fully saturated rings. The fourth-order valence-electron chi connectivity index (χ4n) is 2.61. The van der Waals surface area contributed by atoms with Crippen LogP contribution in [-0.2, 0) is 15.8 Å². The molecule has 1 heterocycles. The first-order chi connectivity index (χ1) is 10.5. The number of sulfonamides is 1. The number of nitrogens with one attached hydrogen (secondary N) is 1. The lowest BCUT2D eigenvalue weighted by molar-refractivity contribution is 0.227. The number of piperidine rings is 1. The second kappa shape index (κ2) is 8.50. The van der Waals surface area contributed by atoms with E-state index in [1.165, 1.54) is 19.3 Å². The first-order valence-corrected chi connectivity index (χ1v) is 10.0. The van der Waals surface area contributed by atoms with Crippen molar-refractivity contribution in [2.75, 3.05) is 26.2 Å². The monoisotopic (exact) mass is 364 g/mol. The minimum absolute atomic E-state index is 0.118. The van der Waals surface area contributed by atoms with Gasteiger partial charge >= 0.3 is 0 Å². The van der Waals surface area contributed by atoms with E-state index in [-0.39, 0.29) is 5.75 Å². The lowest BCUT2D eigenvalue weighted by Gasteiger charge is -2.26. The molecule has 0 atom stereocenters. The van der Waals surface area contributed by atoms with E-state index in [1.807, 2.05) is 0 Å². The molecule has 0 saturated carbocycles. The molecule has 0 aromatic heterocycles. The SMILES string of the molecule is O=S(=O)(Cc1ccc(Cl)cc1Cl)NCCCN1CCCCC1. The first kappa shape index (κ1) is 18.0. The zero-order valence-electron chi connectivity index (χ0n) is 12.5. The summed E-state index contributed by atoms with van der Waals surface area (Å²) in [6.45, 7) is 3.68. The van der Waals surface area contributed by atoms with Crippen molar-refractivity contribution in [2.24, 2.45) is 0 Å². The molecular weight excluding hydrogens is 343 g/mol. The van der Waals surface area contributed by atoms with Gasteiger partial charge in [0.2, 0.25) is 10.0 Å². The van der Waals surface area contributed by atoms with Crippen molar-refractivity contribution >= 4 is 33.2 Å². The molecule has 4 nitrogen and oxygen atoms in total. The largest absolute Gasteiger partial charge is 0.303 e. The van der Waals surface area contributed by atoms with Gasteiger partial charge in [0.25, 0.3) is 0 Å². The predicted molar refractivity (Wildman–Crippen MR) is 92.0 cm³/mol. The molecule has 0 aliphatic carbocycles. The number of likely N-dealkylation sites (tertiary alicyclic amines) is 1. The van der Waals surface area contributed by atoms with Crippen molar-refractivity contribution in [2.45, 2.75) is 31.4 Å². The zero-order chi connectivity index (χ0) is 16.0. The molecular formula is C15H22Cl2N2O2S. The third kappa shape index (κ3) is 6.05. The molecule has 124 valence electrons. The van der Waals surface area contributed by atoms with Crippen molar-refractivity contribution in [3.63, 3.8) is 0 Å². The van der Waals surface area contributed by atoms with Crippen LogP contribution in [0.3, 0.4) is 0 Å². The van der Waals surface area contributed by atoms with Crippen molar-refractivity contribution in [1.29, 1.82) is 0 Å². The van der Waals surface area contributed by atoms with Crippen molar-refractivity contribution in [3.05, 3.63) is 33.8 Å². The molecule has 0 amide bonds. The molecule has 0 bridgehead atoms. The van der Waals surface area contributed by atoms with Gasteiger partial charge in [-0.1, -0.05) is 35.7 Å². The summed E-state index contributed by atoms with van der Waals surface area (Å²) in [4.78, 5) is 2.40. The summed E-state index contributed by atoms with van der Waals surface area (Å²) in [5.74, 6) is -0.118. The van der Waals surface area contributed by atoms with Crippen LogP contribution in [0.1, 0.15) is 31.2 Å². The molecule has 1 aromatic carbocycles. The number of nitrogens with zero attached hydrogens (tertiary/aromatic N) is 1. The van der Waals surface area contributed by atoms with Crippen LogP contribution in [0.15, 0.2) is 18.2 Å². The second-order valence-corrected chi connectivity index (χ2v) is 8.30. The normalized spacial score (nSPS) is 16.8. The summed E-state index contributed by atoms with van der Waals surface area (Å²) < 4.78 is 26.8. The van der Waals surface area contributed by atoms with Gasteiger partial charge in [0.1, 0.15) is 0 Å². The van der Waals surface area contributed by atoms with Gasteiger partial charge in [-0.3, -0.25) is 0 Å². The van der Waals surface area contributed by atoms with Crippen LogP contribution in [0.4, 0.5) is 0 Å². The lowest BCUT2D eigenvalue weighted by atomic mass is 10.1. The molecule has 0 spiro atoms. The topological polar surface area (TPSA) is 49.4 Å². The molecule has 1 aliphatic rings. The quantitative estimate of drug-likeness (QED) is 0.755. The Morgan fingerprint density at radius 2 is 1.86 bits per heavy atom. The molecule has 0 unspecified atom stereocenters. The number of halogens is 2. The van der Waals surface area contributed by atoms with Gasteiger partial charge in [-0.25, -0.2) is 13.1 Å². The van der Waals surface area contributed by atoms with Crippen LogP contribution in [0.25, 0.3) is 0 Å². The summed E-state index contributed by atoms with van der Waals surface area (Å²) in [6, 6.07) is 4.86. The highest BCUT2D eigenvalue weighted by molar-refractivity contribution is 7.88. The van der Waals surface area contributed by atoms with Crippen LogP contribution in [-0.4, -0.2) is 39.5 Å². The molecule has 0 radical (unpaired) electrons. The highest BCUT2D eigenvalue weighted by Gasteiger charge is 2.14. The Morgan fingerprint density at radius 1 is 1.14 bits per heavy atom. The van der Waals surface area contributed by atoms with Crippen molar-refractivity contribution < 1.29 is 8.42 Å². The lowest BCUT2D eigenvalue weighted by Crippen LogP contribution is -2.33. The van der Waals surface area contributed by atoms with E-state index in [4.69, 9.17) is 23.2 Å². The fraction of sp³-hybridized carbons (Fsp3) is 0.600. The van der Waals surface area contributed by atoms with Gasteiger partial charge in [0, 0.05) is 16.6 Å². The number of hydrogen-bond donors (Lipinski definition) is 1. The summed E-state index contributed by atoms with van der Waals surface area (Å²) in [5.41, 5.74) is 0.564. The van der Waals surface area contributed by atoms with Crippen LogP contribution >= 0.6 is 23.2 Å². The Morgan fingerprint density at radius 3 is 2.55 bits per heavy atom. The number of hydrogen-bond acceptors (Lipinski definition) is 3. The Kier molecular flexibility index (Phi) is 6.96. The van der Waals surface area contributed by atoms with Crippen LogP contribution < -0.4 is 4.72 Å². The van der Waals surface area contributed by atoms with Crippen molar-refractivity contribution in [1.82, 2.24) is 9.62 Å². The minimum Gasteiger partial charge on any atom is -0.303 e. The van der Waals surface area contributed by atoms with Crippen LogP contribution in [0.5, 0.6) is 0 Å². The molecule has 1 saturated heterocycles. The third-order valence-electron chi connectivity index (χ3n) is 3.78. The van der Waals surface area contributed by atoms with E-state index in [2.05, 4.69) is 9.62 Å². The average Bonchev–Trinajstić information content (AvgIpc) is 2.48. The number of benzene rings is 1. The van der Waals surface area contributed by atoms with Gasteiger partial charge in [0.15, 0.2) is 0 Å². The molecule has 1 aliphatic heterocycles. The van der Waals surface area contributed by atoms with E-state index >= 15 is 0 Å². The minimum atomic E-state index is -3.37. The maximum absolute atomic E-state index is 12.1. The highest BCUT2D eigenvalue weighted by Crippen LogP contribution is 2.22. The molecule has 22 heavy (non-hydrogen) atoms. The predicted octanol–water partition coefficient (Wildman–Crippen LogP) is 3.29. The maximum atomic E-state index is 12.1. The standard InChI is InChI=1S/C15H22Cl2N2O2S/c16-14-6-5-13(15(17)11-14)12-22(20,21)18-7-4-10-19-8-2-1-3-9-19/h5-6,11,18H,1-4,7-10,12H2. The van der Waals surface area contributed by atoms with Gasteiger partial charge in [-0.15, -0.1) is 0 Å².